The summed E-state index contributed by atoms with van der Waals surface area (Å²) in [6, 6.07) is -0.593. The molecule has 0 heterocycles. The van der Waals surface area contributed by atoms with Crippen molar-refractivity contribution < 1.29 is 15.0 Å². The summed E-state index contributed by atoms with van der Waals surface area (Å²) >= 11 is 0. The van der Waals surface area contributed by atoms with Crippen molar-refractivity contribution in [3.63, 3.8) is 0 Å². The highest BCUT2D eigenvalue weighted by Crippen LogP contribution is 2.17. The Hall–Kier alpha value is -1.91. The van der Waals surface area contributed by atoms with Crippen molar-refractivity contribution in [2.24, 2.45) is 0 Å². The number of aliphatic hydroxyl groups is 2. The highest BCUT2D eigenvalue weighted by atomic mass is 16.3. The maximum absolute atomic E-state index is 12.3. The number of carbonyl (C=O) groups excluding carboxylic acids is 1. The van der Waals surface area contributed by atoms with Crippen molar-refractivity contribution in [2.45, 2.75) is 257 Å². The second-order valence-corrected chi connectivity index (χ2v) is 16.5. The van der Waals surface area contributed by atoms with Crippen LogP contribution in [0.15, 0.2) is 60.8 Å². The summed E-state index contributed by atoms with van der Waals surface area (Å²) in [6.07, 6.45) is 66.4. The number of hydrogen-bond acceptors (Lipinski definition) is 3. The average Bonchev–Trinajstić information content (AvgIpc) is 3.20. The maximum atomic E-state index is 12.3. The third-order valence-corrected chi connectivity index (χ3v) is 11.1. The molecule has 1 amide bonds. The number of amides is 1. The number of carbonyl (C=O) groups is 1. The molecule has 0 aliphatic heterocycles. The zero-order chi connectivity index (χ0) is 40.7. The van der Waals surface area contributed by atoms with Gasteiger partial charge in [0.2, 0.25) is 5.91 Å². The molecule has 0 aromatic carbocycles. The Kier molecular flexibility index (Phi) is 45.8. The molecule has 0 aliphatic carbocycles. The number of rotatable bonds is 44. The molecule has 0 aliphatic rings. The van der Waals surface area contributed by atoms with Crippen LogP contribution in [-0.4, -0.2) is 34.9 Å². The molecule has 0 saturated carbocycles. The summed E-state index contributed by atoms with van der Waals surface area (Å²) in [5.41, 5.74) is 0. The molecule has 2 atom stereocenters. The van der Waals surface area contributed by atoms with Gasteiger partial charge < -0.3 is 15.5 Å². The van der Waals surface area contributed by atoms with Crippen molar-refractivity contribution in [3.8, 4) is 0 Å². The highest BCUT2D eigenvalue weighted by molar-refractivity contribution is 5.77. The Morgan fingerprint density at radius 3 is 1.02 bits per heavy atom. The van der Waals surface area contributed by atoms with Gasteiger partial charge >= 0.3 is 0 Å². The van der Waals surface area contributed by atoms with Gasteiger partial charge in [-0.2, -0.15) is 0 Å². The first-order chi connectivity index (χ1) is 27.7. The second kappa shape index (κ2) is 47.5. The standard InChI is InChI=1S/C52H95NO3/c1-3-5-7-9-11-13-15-17-19-20-21-22-23-24-25-26-27-28-29-30-31-32-34-35-37-39-41-43-45-47-51(55)50(49-54)53-52(56)48-46-44-42-40-38-36-33-18-16-14-12-10-8-6-4-2/h6,8,12,14,18,33,38,40,44,46,50-51,54-55H,3-5,7,9-11,13,15-17,19-32,34-37,39,41-43,45,47-49H2,1-2H3,(H,53,56)/b8-6-,14-12-,33-18-,40-38-,46-44-. The number of aliphatic hydroxyl groups excluding tert-OH is 2. The van der Waals surface area contributed by atoms with Crippen LogP contribution in [0.3, 0.4) is 0 Å². The summed E-state index contributed by atoms with van der Waals surface area (Å²) in [5.74, 6) is -0.157. The van der Waals surface area contributed by atoms with Gasteiger partial charge in [0.05, 0.1) is 18.8 Å². The van der Waals surface area contributed by atoms with E-state index in [2.05, 4.69) is 67.8 Å². The van der Waals surface area contributed by atoms with Gasteiger partial charge in [-0.3, -0.25) is 4.79 Å². The summed E-state index contributed by atoms with van der Waals surface area (Å²) < 4.78 is 0. The molecule has 326 valence electrons. The Bertz CT molecular complexity index is 934. The quantitative estimate of drug-likeness (QED) is 0.0426. The van der Waals surface area contributed by atoms with E-state index in [0.29, 0.717) is 6.42 Å². The molecule has 0 saturated heterocycles. The fraction of sp³-hybridized carbons (Fsp3) is 0.788. The van der Waals surface area contributed by atoms with Gasteiger partial charge in [-0.1, -0.05) is 261 Å². The smallest absolute Gasteiger partial charge is 0.224 e. The topological polar surface area (TPSA) is 69.6 Å². The minimum atomic E-state index is -0.703. The molecule has 4 heteroatoms. The Morgan fingerprint density at radius 2 is 0.714 bits per heavy atom. The molecule has 0 rings (SSSR count). The molecule has 3 N–H and O–H groups in total. The Labute approximate surface area is 349 Å². The largest absolute Gasteiger partial charge is 0.394 e. The zero-order valence-corrected chi connectivity index (χ0v) is 37.4. The van der Waals surface area contributed by atoms with Crippen molar-refractivity contribution in [1.82, 2.24) is 5.32 Å². The summed E-state index contributed by atoms with van der Waals surface area (Å²) in [6.45, 7) is 4.21. The van der Waals surface area contributed by atoms with E-state index in [9.17, 15) is 15.0 Å². The van der Waals surface area contributed by atoms with Crippen LogP contribution >= 0.6 is 0 Å². The van der Waals surface area contributed by atoms with Crippen LogP contribution in [0.4, 0.5) is 0 Å². The lowest BCUT2D eigenvalue weighted by Crippen LogP contribution is -2.45. The number of nitrogens with one attached hydrogen (secondary N) is 1. The molecule has 0 bridgehead atoms. The van der Waals surface area contributed by atoms with Crippen LogP contribution in [0, 0.1) is 0 Å². The van der Waals surface area contributed by atoms with E-state index < -0.39 is 12.1 Å². The third kappa shape index (κ3) is 43.2. The van der Waals surface area contributed by atoms with E-state index in [4.69, 9.17) is 0 Å². The van der Waals surface area contributed by atoms with Crippen molar-refractivity contribution in [2.75, 3.05) is 6.61 Å². The van der Waals surface area contributed by atoms with E-state index in [1.165, 1.54) is 173 Å². The van der Waals surface area contributed by atoms with Gasteiger partial charge in [-0.05, 0) is 38.5 Å². The molecule has 0 spiro atoms. The molecular formula is C52H95NO3. The van der Waals surface area contributed by atoms with E-state index in [0.717, 1.165) is 44.9 Å². The van der Waals surface area contributed by atoms with Crippen LogP contribution < -0.4 is 5.32 Å². The number of unbranched alkanes of at least 4 members (excludes halogenated alkanes) is 28. The third-order valence-electron chi connectivity index (χ3n) is 11.1. The molecule has 4 nitrogen and oxygen atoms in total. The minimum Gasteiger partial charge on any atom is -0.394 e. The van der Waals surface area contributed by atoms with Gasteiger partial charge in [0.1, 0.15) is 0 Å². The van der Waals surface area contributed by atoms with Crippen LogP contribution in [0.2, 0.25) is 0 Å². The van der Waals surface area contributed by atoms with E-state index >= 15 is 0 Å². The van der Waals surface area contributed by atoms with Crippen LogP contribution in [0.1, 0.15) is 245 Å². The lowest BCUT2D eigenvalue weighted by Gasteiger charge is -2.22. The second-order valence-electron chi connectivity index (χ2n) is 16.5. The summed E-state index contributed by atoms with van der Waals surface area (Å²) in [4.78, 5) is 12.3. The van der Waals surface area contributed by atoms with Crippen molar-refractivity contribution in [3.05, 3.63) is 60.8 Å². The van der Waals surface area contributed by atoms with Gasteiger partial charge in [-0.15, -0.1) is 0 Å². The molecule has 0 radical (unpaired) electrons. The molecule has 56 heavy (non-hydrogen) atoms. The maximum Gasteiger partial charge on any atom is 0.224 e. The first kappa shape index (κ1) is 54.1. The predicted octanol–water partition coefficient (Wildman–Crippen LogP) is 15.7. The van der Waals surface area contributed by atoms with Crippen molar-refractivity contribution in [1.29, 1.82) is 0 Å². The van der Waals surface area contributed by atoms with E-state index in [1.807, 2.05) is 12.2 Å². The van der Waals surface area contributed by atoms with E-state index in [-0.39, 0.29) is 18.9 Å². The van der Waals surface area contributed by atoms with Gasteiger partial charge in [0.15, 0.2) is 0 Å². The SMILES string of the molecule is CC/C=C\C/C=C\C/C=C\C/C=C\C/C=C\CC(=O)NC(CO)C(O)CCCCCCCCCCCCCCCCCCCCCCCCCCCCCCC. The van der Waals surface area contributed by atoms with Crippen LogP contribution in [0.25, 0.3) is 0 Å². The Morgan fingerprint density at radius 1 is 0.429 bits per heavy atom. The number of allylic oxidation sites excluding steroid dienone is 9. The normalized spacial score (nSPS) is 13.4. The Balaban J connectivity index is 3.51. The number of hydrogen-bond donors (Lipinski definition) is 3. The average molecular weight is 782 g/mol. The fourth-order valence-corrected chi connectivity index (χ4v) is 7.37. The molecule has 0 aromatic rings. The lowest BCUT2D eigenvalue weighted by molar-refractivity contribution is -0.122. The monoisotopic (exact) mass is 782 g/mol. The van der Waals surface area contributed by atoms with Gasteiger partial charge in [0, 0.05) is 6.42 Å². The van der Waals surface area contributed by atoms with Gasteiger partial charge in [0.25, 0.3) is 0 Å². The molecule has 0 aromatic heterocycles. The van der Waals surface area contributed by atoms with Crippen LogP contribution in [0.5, 0.6) is 0 Å². The van der Waals surface area contributed by atoms with E-state index in [1.54, 1.807) is 0 Å². The molecule has 0 fully saturated rings. The first-order valence-electron chi connectivity index (χ1n) is 24.5. The predicted molar refractivity (Wildman–Crippen MR) is 248 cm³/mol. The minimum absolute atomic E-state index is 0.157. The summed E-state index contributed by atoms with van der Waals surface area (Å²) in [7, 11) is 0. The van der Waals surface area contributed by atoms with Crippen molar-refractivity contribution >= 4 is 5.91 Å². The first-order valence-corrected chi connectivity index (χ1v) is 24.5. The van der Waals surface area contributed by atoms with Crippen LogP contribution in [-0.2, 0) is 4.79 Å². The van der Waals surface area contributed by atoms with Gasteiger partial charge in [-0.25, -0.2) is 0 Å². The summed E-state index contributed by atoms with van der Waals surface area (Å²) in [5, 5.41) is 23.1. The molecule has 2 unspecified atom stereocenters. The lowest BCUT2D eigenvalue weighted by atomic mass is 10.0. The molecular weight excluding hydrogens is 687 g/mol. The zero-order valence-electron chi connectivity index (χ0n) is 37.4. The highest BCUT2D eigenvalue weighted by Gasteiger charge is 2.19. The fourth-order valence-electron chi connectivity index (χ4n) is 7.37.